The van der Waals surface area contributed by atoms with Gasteiger partial charge in [0.2, 0.25) is 0 Å². The summed E-state index contributed by atoms with van der Waals surface area (Å²) in [6.07, 6.45) is 7.23. The van der Waals surface area contributed by atoms with Gasteiger partial charge in [-0.1, -0.05) is 19.8 Å². The third-order valence-corrected chi connectivity index (χ3v) is 7.07. The first-order valence-corrected chi connectivity index (χ1v) is 9.90. The van der Waals surface area contributed by atoms with Gasteiger partial charge in [-0.25, -0.2) is 0 Å². The van der Waals surface area contributed by atoms with Crippen molar-refractivity contribution >= 4 is 10.2 Å². The van der Waals surface area contributed by atoms with E-state index in [0.29, 0.717) is 25.6 Å². The normalized spacial score (nSPS) is 27.6. The van der Waals surface area contributed by atoms with Crippen LogP contribution in [0.4, 0.5) is 0 Å². The van der Waals surface area contributed by atoms with E-state index in [4.69, 9.17) is 0 Å². The second kappa shape index (κ2) is 7.90. The zero-order valence-electron chi connectivity index (χ0n) is 13.6. The van der Waals surface area contributed by atoms with Crippen molar-refractivity contribution in [3.05, 3.63) is 0 Å². The van der Waals surface area contributed by atoms with Crippen LogP contribution in [-0.2, 0) is 10.2 Å². The maximum atomic E-state index is 13.0. The summed E-state index contributed by atoms with van der Waals surface area (Å²) in [5.74, 6) is 0.618. The zero-order valence-corrected chi connectivity index (χ0v) is 14.4. The van der Waals surface area contributed by atoms with Gasteiger partial charge in [0.15, 0.2) is 0 Å². The highest BCUT2D eigenvalue weighted by Gasteiger charge is 2.36. The van der Waals surface area contributed by atoms with E-state index in [9.17, 15) is 8.42 Å². The van der Waals surface area contributed by atoms with Crippen LogP contribution in [0.1, 0.15) is 51.9 Å². The summed E-state index contributed by atoms with van der Waals surface area (Å²) in [5, 5.41) is 3.20. The molecule has 2 rings (SSSR count). The van der Waals surface area contributed by atoms with E-state index >= 15 is 0 Å². The number of hydrogen-bond acceptors (Lipinski definition) is 3. The van der Waals surface area contributed by atoms with E-state index in [2.05, 4.69) is 12.2 Å². The number of nitrogens with zero attached hydrogens (tertiary/aromatic N) is 2. The number of hydrogen-bond donors (Lipinski definition) is 1. The van der Waals surface area contributed by atoms with Crippen molar-refractivity contribution in [3.63, 3.8) is 0 Å². The highest BCUT2D eigenvalue weighted by molar-refractivity contribution is 7.86. The van der Waals surface area contributed by atoms with Crippen molar-refractivity contribution in [3.8, 4) is 0 Å². The van der Waals surface area contributed by atoms with Crippen LogP contribution in [0, 0.1) is 5.92 Å². The summed E-state index contributed by atoms with van der Waals surface area (Å²) in [7, 11) is -1.30. The number of nitrogens with one attached hydrogen (secondary N) is 1. The van der Waals surface area contributed by atoms with Gasteiger partial charge in [0.25, 0.3) is 10.2 Å². The maximum Gasteiger partial charge on any atom is 0.282 e. The van der Waals surface area contributed by atoms with Crippen molar-refractivity contribution in [2.45, 2.75) is 57.9 Å². The molecule has 0 aliphatic carbocycles. The number of piperidine rings is 1. The standard InChI is InChI=1S/C15H31N3O2S/c1-3-15-7-5-4-6-10-18(15)21(19,20)17-11-8-14(9-12-17)13-16-2/h14-16H,3-13H2,1-2H3. The quantitative estimate of drug-likeness (QED) is 0.841. The largest absolute Gasteiger partial charge is 0.319 e. The lowest BCUT2D eigenvalue weighted by molar-refractivity contribution is 0.234. The van der Waals surface area contributed by atoms with Crippen molar-refractivity contribution < 1.29 is 8.42 Å². The van der Waals surface area contributed by atoms with Gasteiger partial charge in [0, 0.05) is 25.7 Å². The minimum Gasteiger partial charge on any atom is -0.319 e. The molecule has 0 aromatic rings. The maximum absolute atomic E-state index is 13.0. The minimum atomic E-state index is -3.26. The van der Waals surface area contributed by atoms with Gasteiger partial charge >= 0.3 is 0 Å². The van der Waals surface area contributed by atoms with Gasteiger partial charge in [-0.3, -0.25) is 0 Å². The Kier molecular flexibility index (Phi) is 6.47. The molecule has 2 aliphatic rings. The Morgan fingerprint density at radius 3 is 2.38 bits per heavy atom. The average Bonchev–Trinajstić information content (AvgIpc) is 2.73. The van der Waals surface area contributed by atoms with Gasteiger partial charge in [-0.15, -0.1) is 0 Å². The molecule has 0 amide bonds. The fraction of sp³-hybridized carbons (Fsp3) is 1.00. The molecule has 0 bridgehead atoms. The molecule has 0 radical (unpaired) electrons. The Bertz CT molecular complexity index is 405. The molecule has 0 aromatic carbocycles. The van der Waals surface area contributed by atoms with Crippen LogP contribution in [0.5, 0.6) is 0 Å². The summed E-state index contributed by atoms with van der Waals surface area (Å²) in [6, 6.07) is 0.201. The van der Waals surface area contributed by atoms with Crippen LogP contribution in [0.15, 0.2) is 0 Å². The second-order valence-corrected chi connectivity index (χ2v) is 8.31. The van der Waals surface area contributed by atoms with Gasteiger partial charge < -0.3 is 5.32 Å². The molecule has 5 nitrogen and oxygen atoms in total. The predicted octanol–water partition coefficient (Wildman–Crippen LogP) is 1.82. The summed E-state index contributed by atoms with van der Waals surface area (Å²) >= 11 is 0. The topological polar surface area (TPSA) is 52.7 Å². The lowest BCUT2D eigenvalue weighted by Crippen LogP contribution is -2.51. The average molecular weight is 317 g/mol. The summed E-state index contributed by atoms with van der Waals surface area (Å²) < 4.78 is 29.5. The number of rotatable bonds is 5. The minimum absolute atomic E-state index is 0.201. The Labute approximate surface area is 130 Å². The van der Waals surface area contributed by atoms with E-state index in [1.165, 1.54) is 0 Å². The van der Waals surface area contributed by atoms with E-state index in [1.54, 1.807) is 8.61 Å². The van der Waals surface area contributed by atoms with Crippen molar-refractivity contribution in [2.24, 2.45) is 5.92 Å². The van der Waals surface area contributed by atoms with E-state index in [-0.39, 0.29) is 6.04 Å². The molecule has 1 atom stereocenters. The van der Waals surface area contributed by atoms with E-state index in [1.807, 2.05) is 7.05 Å². The van der Waals surface area contributed by atoms with E-state index < -0.39 is 10.2 Å². The van der Waals surface area contributed by atoms with Crippen LogP contribution in [0.2, 0.25) is 0 Å². The van der Waals surface area contributed by atoms with Crippen LogP contribution >= 0.6 is 0 Å². The Hall–Kier alpha value is -0.170. The van der Waals surface area contributed by atoms with Crippen LogP contribution in [-0.4, -0.2) is 56.3 Å². The van der Waals surface area contributed by atoms with Gasteiger partial charge in [0.1, 0.15) is 0 Å². The molecular weight excluding hydrogens is 286 g/mol. The first-order chi connectivity index (χ1) is 10.1. The molecule has 2 heterocycles. The SMILES string of the molecule is CCC1CCCCCN1S(=O)(=O)N1CCC(CNC)CC1. The molecular formula is C15H31N3O2S. The molecule has 2 saturated heterocycles. The highest BCUT2D eigenvalue weighted by atomic mass is 32.2. The van der Waals surface area contributed by atoms with Gasteiger partial charge in [-0.2, -0.15) is 17.0 Å². The monoisotopic (exact) mass is 317 g/mol. The lowest BCUT2D eigenvalue weighted by atomic mass is 9.98. The summed E-state index contributed by atoms with van der Waals surface area (Å²) in [5.41, 5.74) is 0. The van der Waals surface area contributed by atoms with Crippen LogP contribution in [0.3, 0.4) is 0 Å². The van der Waals surface area contributed by atoms with Crippen LogP contribution < -0.4 is 5.32 Å². The smallest absolute Gasteiger partial charge is 0.282 e. The van der Waals surface area contributed by atoms with Crippen molar-refractivity contribution in [1.82, 2.24) is 13.9 Å². The summed E-state index contributed by atoms with van der Waals surface area (Å²) in [4.78, 5) is 0. The Morgan fingerprint density at radius 1 is 1.05 bits per heavy atom. The third-order valence-electron chi connectivity index (χ3n) is 4.98. The first-order valence-electron chi connectivity index (χ1n) is 8.51. The third kappa shape index (κ3) is 4.18. The highest BCUT2D eigenvalue weighted by Crippen LogP contribution is 2.27. The zero-order chi connectivity index (χ0) is 15.3. The molecule has 2 aliphatic heterocycles. The Balaban J connectivity index is 2.03. The van der Waals surface area contributed by atoms with Gasteiger partial charge in [-0.05, 0) is 51.6 Å². The molecule has 0 spiro atoms. The molecule has 1 N–H and O–H groups in total. The van der Waals surface area contributed by atoms with E-state index in [0.717, 1.165) is 51.5 Å². The van der Waals surface area contributed by atoms with Gasteiger partial charge in [0.05, 0.1) is 0 Å². The molecule has 0 aromatic heterocycles. The van der Waals surface area contributed by atoms with Crippen molar-refractivity contribution in [2.75, 3.05) is 33.2 Å². The summed E-state index contributed by atoms with van der Waals surface area (Å²) in [6.45, 7) is 5.17. The molecule has 1 unspecified atom stereocenters. The molecule has 0 saturated carbocycles. The lowest BCUT2D eigenvalue weighted by Gasteiger charge is -2.37. The Morgan fingerprint density at radius 2 is 1.76 bits per heavy atom. The fourth-order valence-electron chi connectivity index (χ4n) is 3.64. The van der Waals surface area contributed by atoms with Crippen molar-refractivity contribution in [1.29, 1.82) is 0 Å². The predicted molar refractivity (Wildman–Crippen MR) is 86.4 cm³/mol. The van der Waals surface area contributed by atoms with Crippen LogP contribution in [0.25, 0.3) is 0 Å². The molecule has 21 heavy (non-hydrogen) atoms. The second-order valence-electron chi connectivity index (χ2n) is 6.43. The first kappa shape index (κ1) is 17.2. The molecule has 2 fully saturated rings. The molecule has 124 valence electrons. The molecule has 6 heteroatoms. The fourth-order valence-corrected chi connectivity index (χ4v) is 5.60.